The van der Waals surface area contributed by atoms with Crippen LogP contribution in [0.5, 0.6) is 0 Å². The summed E-state index contributed by atoms with van der Waals surface area (Å²) in [7, 11) is 3.45. The number of benzene rings is 1. The first-order chi connectivity index (χ1) is 11.0. The van der Waals surface area contributed by atoms with Crippen LogP contribution < -0.4 is 11.2 Å². The second-order valence-corrected chi connectivity index (χ2v) is 6.14. The van der Waals surface area contributed by atoms with Crippen molar-refractivity contribution < 1.29 is 0 Å². The van der Waals surface area contributed by atoms with Crippen LogP contribution in [0.1, 0.15) is 5.56 Å². The highest BCUT2D eigenvalue weighted by molar-refractivity contribution is 7.98. The molecular weight excluding hydrogens is 312 g/mol. The van der Waals surface area contributed by atoms with Gasteiger partial charge in [-0.05, 0) is 18.2 Å². The fraction of sp³-hybridized carbons (Fsp3) is 0.312. The summed E-state index contributed by atoms with van der Waals surface area (Å²) in [5.41, 5.74) is 1.38. The molecule has 3 rings (SSSR count). The van der Waals surface area contributed by atoms with Crippen molar-refractivity contribution in [1.82, 2.24) is 18.7 Å². The van der Waals surface area contributed by atoms with E-state index < -0.39 is 0 Å². The first-order valence-corrected chi connectivity index (χ1v) is 8.51. The molecule has 0 aliphatic rings. The lowest BCUT2D eigenvalue weighted by molar-refractivity contribution is 0.601. The predicted molar refractivity (Wildman–Crippen MR) is 92.1 cm³/mol. The van der Waals surface area contributed by atoms with E-state index >= 15 is 0 Å². The number of hydrogen-bond donors (Lipinski definition) is 0. The van der Waals surface area contributed by atoms with Crippen LogP contribution in [-0.2, 0) is 27.1 Å². The Morgan fingerprint density at radius 3 is 2.43 bits per heavy atom. The number of hydrogen-bond acceptors (Lipinski definition) is 4. The fourth-order valence-electron chi connectivity index (χ4n) is 2.69. The third kappa shape index (κ3) is 2.61. The third-order valence-corrected chi connectivity index (χ3v) is 4.70. The number of aryl methyl sites for hydroxylation is 3. The molecule has 1 aromatic carbocycles. The molecule has 0 bridgehead atoms. The third-order valence-electron chi connectivity index (χ3n) is 3.97. The summed E-state index contributed by atoms with van der Waals surface area (Å²) in [5, 5.41) is 0.716. The summed E-state index contributed by atoms with van der Waals surface area (Å²) in [4.78, 5) is 29.6. The van der Waals surface area contributed by atoms with Crippen LogP contribution in [0.4, 0.5) is 0 Å². The lowest BCUT2D eigenvalue weighted by atomic mass is 10.1. The van der Waals surface area contributed by atoms with Gasteiger partial charge >= 0.3 is 5.69 Å². The molecule has 0 radical (unpaired) electrons. The lowest BCUT2D eigenvalue weighted by Crippen LogP contribution is -2.40. The first kappa shape index (κ1) is 15.6. The highest BCUT2D eigenvalue weighted by Gasteiger charge is 2.17. The molecule has 0 N–H and O–H groups in total. The highest BCUT2D eigenvalue weighted by atomic mass is 32.2. The monoisotopic (exact) mass is 330 g/mol. The van der Waals surface area contributed by atoms with Gasteiger partial charge in [-0.1, -0.05) is 42.1 Å². The Labute approximate surface area is 137 Å². The number of nitrogens with zero attached hydrogens (tertiary/aromatic N) is 4. The van der Waals surface area contributed by atoms with Gasteiger partial charge in [0.15, 0.2) is 16.3 Å². The van der Waals surface area contributed by atoms with Crippen molar-refractivity contribution in [1.29, 1.82) is 0 Å². The molecule has 0 atom stereocenters. The number of rotatable bonds is 4. The number of fused-ring (bicyclic) bond motifs is 1. The Hall–Kier alpha value is -2.28. The molecule has 0 amide bonds. The molecule has 2 heterocycles. The van der Waals surface area contributed by atoms with Crippen molar-refractivity contribution in [2.45, 2.75) is 18.1 Å². The Balaban J connectivity index is 2.12. The predicted octanol–water partition coefficient (Wildman–Crippen LogP) is 1.40. The van der Waals surface area contributed by atoms with Crippen LogP contribution in [0.25, 0.3) is 11.2 Å². The van der Waals surface area contributed by atoms with Crippen molar-refractivity contribution in [2.24, 2.45) is 14.1 Å². The van der Waals surface area contributed by atoms with Crippen LogP contribution in [0.15, 0.2) is 45.1 Å². The van der Waals surface area contributed by atoms with Crippen molar-refractivity contribution in [3.8, 4) is 0 Å². The molecule has 0 saturated heterocycles. The summed E-state index contributed by atoms with van der Waals surface area (Å²) in [6, 6.07) is 9.82. The molecule has 0 saturated carbocycles. The fourth-order valence-corrected chi connectivity index (χ4v) is 3.23. The molecular formula is C16H18N4O2S. The normalized spacial score (nSPS) is 11.3. The first-order valence-electron chi connectivity index (χ1n) is 7.28. The van der Waals surface area contributed by atoms with Gasteiger partial charge in [-0.2, -0.15) is 0 Å². The maximum Gasteiger partial charge on any atom is 0.332 e. The van der Waals surface area contributed by atoms with Gasteiger partial charge in [0.05, 0.1) is 0 Å². The summed E-state index contributed by atoms with van der Waals surface area (Å²) in [6.07, 6.45) is 2.53. The Bertz CT molecular complexity index is 970. The molecule has 0 spiro atoms. The van der Waals surface area contributed by atoms with E-state index in [9.17, 15) is 9.59 Å². The Kier molecular flexibility index (Phi) is 4.12. The van der Waals surface area contributed by atoms with Crippen molar-refractivity contribution in [2.75, 3.05) is 6.26 Å². The van der Waals surface area contributed by atoms with E-state index in [0.29, 0.717) is 29.3 Å². The van der Waals surface area contributed by atoms with E-state index in [0.717, 1.165) is 5.56 Å². The molecule has 0 aliphatic carbocycles. The summed E-state index contributed by atoms with van der Waals surface area (Å²) < 4.78 is 4.49. The zero-order valence-corrected chi connectivity index (χ0v) is 14.1. The minimum absolute atomic E-state index is 0.283. The van der Waals surface area contributed by atoms with Crippen LogP contribution >= 0.6 is 11.8 Å². The summed E-state index contributed by atoms with van der Waals surface area (Å²) in [5.74, 6) is 0. The molecule has 3 aromatic rings. The van der Waals surface area contributed by atoms with Gasteiger partial charge in [-0.3, -0.25) is 13.9 Å². The van der Waals surface area contributed by atoms with Gasteiger partial charge < -0.3 is 4.57 Å². The molecule has 6 nitrogen and oxygen atoms in total. The van der Waals surface area contributed by atoms with Crippen molar-refractivity contribution in [3.05, 3.63) is 56.7 Å². The van der Waals surface area contributed by atoms with Gasteiger partial charge in [-0.25, -0.2) is 9.78 Å². The number of thioether (sulfide) groups is 1. The SMILES string of the molecule is CSc1nc2c(c(=O)n(CCc3ccccc3)c(=O)n2C)n1C. The quantitative estimate of drug-likeness (QED) is 0.679. The van der Waals surface area contributed by atoms with Crippen LogP contribution in [0.3, 0.4) is 0 Å². The Morgan fingerprint density at radius 1 is 1.09 bits per heavy atom. The average Bonchev–Trinajstić information content (AvgIpc) is 2.90. The molecule has 0 aliphatic heterocycles. The van der Waals surface area contributed by atoms with Crippen LogP contribution in [-0.4, -0.2) is 24.9 Å². The molecule has 0 fully saturated rings. The number of imidazole rings is 1. The van der Waals surface area contributed by atoms with Crippen molar-refractivity contribution >= 4 is 22.9 Å². The summed E-state index contributed by atoms with van der Waals surface area (Å²) >= 11 is 1.45. The van der Waals surface area contributed by atoms with Gasteiger partial charge in [0.1, 0.15) is 0 Å². The average molecular weight is 330 g/mol. The van der Waals surface area contributed by atoms with Gasteiger partial charge in [0.2, 0.25) is 0 Å². The van der Waals surface area contributed by atoms with Gasteiger partial charge in [-0.15, -0.1) is 0 Å². The van der Waals surface area contributed by atoms with Crippen LogP contribution in [0.2, 0.25) is 0 Å². The molecule has 0 unspecified atom stereocenters. The van der Waals surface area contributed by atoms with Gasteiger partial charge in [0, 0.05) is 20.6 Å². The minimum atomic E-state index is -0.329. The zero-order chi connectivity index (χ0) is 16.6. The van der Waals surface area contributed by atoms with Crippen LogP contribution in [0, 0.1) is 0 Å². The second kappa shape index (κ2) is 6.08. The zero-order valence-electron chi connectivity index (χ0n) is 13.3. The van der Waals surface area contributed by atoms with E-state index in [1.165, 1.54) is 20.9 Å². The van der Waals surface area contributed by atoms with Crippen molar-refractivity contribution in [3.63, 3.8) is 0 Å². The van der Waals surface area contributed by atoms with E-state index in [2.05, 4.69) is 4.98 Å². The standard InChI is InChI=1S/C16H18N4O2S/c1-18-12-13(17-15(18)23-3)19(2)16(22)20(14(12)21)10-9-11-7-5-4-6-8-11/h4-8H,9-10H2,1-3H3. The molecule has 23 heavy (non-hydrogen) atoms. The highest BCUT2D eigenvalue weighted by Crippen LogP contribution is 2.17. The van der Waals surface area contributed by atoms with E-state index in [1.54, 1.807) is 18.7 Å². The van der Waals surface area contributed by atoms with Gasteiger partial charge in [0.25, 0.3) is 5.56 Å². The smallest absolute Gasteiger partial charge is 0.316 e. The maximum absolute atomic E-state index is 12.8. The molecule has 7 heteroatoms. The molecule has 2 aromatic heterocycles. The Morgan fingerprint density at radius 2 is 1.78 bits per heavy atom. The van der Waals surface area contributed by atoms with E-state index in [4.69, 9.17) is 0 Å². The second-order valence-electron chi connectivity index (χ2n) is 5.36. The lowest BCUT2D eigenvalue weighted by Gasteiger charge is -2.08. The topological polar surface area (TPSA) is 61.8 Å². The van der Waals surface area contributed by atoms with E-state index in [-0.39, 0.29) is 11.2 Å². The molecule has 120 valence electrons. The van der Waals surface area contributed by atoms with E-state index in [1.807, 2.05) is 36.6 Å². The minimum Gasteiger partial charge on any atom is -0.316 e. The summed E-state index contributed by atoms with van der Waals surface area (Å²) in [6.45, 7) is 0.352. The largest absolute Gasteiger partial charge is 0.332 e. The number of aromatic nitrogens is 4. The maximum atomic E-state index is 12.8.